The minimum atomic E-state index is -4.73. The highest BCUT2D eigenvalue weighted by Crippen LogP contribution is 2.38. The molecule has 5 nitrogen and oxygen atoms in total. The zero-order valence-electron chi connectivity index (χ0n) is 18.1. The van der Waals surface area contributed by atoms with E-state index in [-0.39, 0.29) is 22.4 Å². The molecule has 2 heterocycles. The number of pyridine rings is 1. The smallest absolute Gasteiger partial charge is 0.417 e. The number of halogens is 3. The van der Waals surface area contributed by atoms with Crippen molar-refractivity contribution in [2.45, 2.75) is 31.5 Å². The van der Waals surface area contributed by atoms with Gasteiger partial charge in [0.25, 0.3) is 0 Å². The predicted octanol–water partition coefficient (Wildman–Crippen LogP) is 5.24. The van der Waals surface area contributed by atoms with Gasteiger partial charge in [0.2, 0.25) is 5.91 Å². The lowest BCUT2D eigenvalue weighted by molar-refractivity contribution is -0.138. The average molecular weight is 464 g/mol. The summed E-state index contributed by atoms with van der Waals surface area (Å²) in [4.78, 5) is 18.8. The van der Waals surface area contributed by atoms with Crippen LogP contribution in [0.15, 0.2) is 35.4 Å². The van der Waals surface area contributed by atoms with Crippen molar-refractivity contribution in [3.8, 4) is 23.1 Å². The Morgan fingerprint density at radius 2 is 1.88 bits per heavy atom. The van der Waals surface area contributed by atoms with Gasteiger partial charge in [-0.2, -0.15) is 18.4 Å². The first-order valence-electron chi connectivity index (χ1n) is 10.2. The van der Waals surface area contributed by atoms with E-state index in [1.807, 2.05) is 0 Å². The number of alkyl halides is 3. The van der Waals surface area contributed by atoms with Crippen molar-refractivity contribution in [3.05, 3.63) is 41.5 Å². The number of piperidine rings is 1. The molecule has 170 valence electrons. The fourth-order valence-electron chi connectivity index (χ4n) is 3.96. The summed E-state index contributed by atoms with van der Waals surface area (Å²) in [5, 5.41) is 9.36. The van der Waals surface area contributed by atoms with Gasteiger partial charge in [0.15, 0.2) is 0 Å². The van der Waals surface area contributed by atoms with Crippen LogP contribution in [-0.2, 0) is 11.0 Å². The number of likely N-dealkylation sites (tertiary alicyclic amines) is 1. The fourth-order valence-corrected chi connectivity index (χ4v) is 4.86. The molecule has 9 heteroatoms. The third kappa shape index (κ3) is 5.54. The van der Waals surface area contributed by atoms with Crippen molar-refractivity contribution in [2.75, 3.05) is 26.0 Å². The summed E-state index contributed by atoms with van der Waals surface area (Å²) in [6, 6.07) is 8.96. The number of amides is 1. The molecule has 0 radical (unpaired) electrons. The third-order valence-electron chi connectivity index (χ3n) is 5.34. The van der Waals surface area contributed by atoms with E-state index in [1.165, 1.54) is 7.11 Å². The molecule has 0 saturated carbocycles. The highest BCUT2D eigenvalue weighted by molar-refractivity contribution is 8.00. The summed E-state index contributed by atoms with van der Waals surface area (Å²) in [5.74, 6) is 1.06. The van der Waals surface area contributed by atoms with Gasteiger partial charge in [-0.1, -0.05) is 25.6 Å². The Bertz CT molecular complexity index is 1010. The Labute approximate surface area is 189 Å². The monoisotopic (exact) mass is 463 g/mol. The minimum Gasteiger partial charge on any atom is -0.497 e. The Morgan fingerprint density at radius 1 is 1.25 bits per heavy atom. The van der Waals surface area contributed by atoms with E-state index in [4.69, 9.17) is 4.74 Å². The van der Waals surface area contributed by atoms with Crippen LogP contribution in [0.2, 0.25) is 0 Å². The number of rotatable bonds is 5. The Kier molecular flexibility index (Phi) is 7.34. The second-order valence-corrected chi connectivity index (χ2v) is 9.07. The molecule has 32 heavy (non-hydrogen) atoms. The summed E-state index contributed by atoms with van der Waals surface area (Å²) in [6.45, 7) is 5.41. The SMILES string of the molecule is COc1ccc(-c2cc(C(F)(F)F)c(C#N)c(SCC(=O)N3CC(C)CC(C)C3)n2)cc1. The topological polar surface area (TPSA) is 66.2 Å². The van der Waals surface area contributed by atoms with Crippen LogP contribution in [0.5, 0.6) is 5.75 Å². The number of thioether (sulfide) groups is 1. The first-order chi connectivity index (χ1) is 15.1. The van der Waals surface area contributed by atoms with Gasteiger partial charge < -0.3 is 9.64 Å². The van der Waals surface area contributed by atoms with Crippen molar-refractivity contribution in [1.82, 2.24) is 9.88 Å². The summed E-state index contributed by atoms with van der Waals surface area (Å²) < 4.78 is 46.3. The average Bonchev–Trinajstić information content (AvgIpc) is 2.75. The first-order valence-corrected chi connectivity index (χ1v) is 11.2. The van der Waals surface area contributed by atoms with Gasteiger partial charge in [0.05, 0.1) is 29.7 Å². The zero-order chi connectivity index (χ0) is 23.5. The van der Waals surface area contributed by atoms with Gasteiger partial charge in [0.1, 0.15) is 16.8 Å². The highest BCUT2D eigenvalue weighted by atomic mass is 32.2. The van der Waals surface area contributed by atoms with Crippen molar-refractivity contribution in [2.24, 2.45) is 11.8 Å². The van der Waals surface area contributed by atoms with Gasteiger partial charge in [-0.05, 0) is 48.6 Å². The molecule has 2 atom stereocenters. The molecule has 3 rings (SSSR count). The van der Waals surface area contributed by atoms with Crippen LogP contribution in [-0.4, -0.2) is 41.7 Å². The fraction of sp³-hybridized carbons (Fsp3) is 0.435. The summed E-state index contributed by atoms with van der Waals surface area (Å²) in [7, 11) is 1.49. The molecule has 0 aliphatic carbocycles. The number of methoxy groups -OCH3 is 1. The summed E-state index contributed by atoms with van der Waals surface area (Å²) in [6.07, 6.45) is -3.69. The zero-order valence-corrected chi connectivity index (χ0v) is 18.9. The van der Waals surface area contributed by atoms with E-state index < -0.39 is 17.3 Å². The van der Waals surface area contributed by atoms with Crippen molar-refractivity contribution in [3.63, 3.8) is 0 Å². The van der Waals surface area contributed by atoms with Crippen LogP contribution in [0, 0.1) is 23.2 Å². The standard InChI is InChI=1S/C23H24F3N3O2S/c1-14-8-15(2)12-29(11-14)21(30)13-32-22-18(10-27)19(23(24,25)26)9-20(28-22)16-4-6-17(31-3)7-5-16/h4-7,9,14-15H,8,11-13H2,1-3H3. The van der Waals surface area contributed by atoms with Crippen LogP contribution in [0.1, 0.15) is 31.4 Å². The Balaban J connectivity index is 1.92. The van der Waals surface area contributed by atoms with E-state index in [1.54, 1.807) is 35.2 Å². The molecule has 0 N–H and O–H groups in total. The molecular formula is C23H24F3N3O2S. The van der Waals surface area contributed by atoms with E-state index in [9.17, 15) is 23.2 Å². The quantitative estimate of drug-likeness (QED) is 0.567. The van der Waals surface area contributed by atoms with Crippen LogP contribution in [0.25, 0.3) is 11.3 Å². The highest BCUT2D eigenvalue weighted by Gasteiger charge is 2.36. The molecule has 0 spiro atoms. The molecular weight excluding hydrogens is 439 g/mol. The van der Waals surface area contributed by atoms with Gasteiger partial charge in [0, 0.05) is 18.7 Å². The molecule has 1 aliphatic rings. The number of nitrogens with zero attached hydrogens (tertiary/aromatic N) is 3. The molecule has 2 aromatic rings. The van der Waals surface area contributed by atoms with E-state index in [0.717, 1.165) is 24.2 Å². The number of aromatic nitrogens is 1. The maximum Gasteiger partial charge on any atom is 0.417 e. The summed E-state index contributed by atoms with van der Waals surface area (Å²) >= 11 is 0.873. The molecule has 1 aliphatic heterocycles. The normalized spacial score (nSPS) is 18.8. The second-order valence-electron chi connectivity index (χ2n) is 8.11. The molecule has 2 unspecified atom stereocenters. The Morgan fingerprint density at radius 3 is 2.41 bits per heavy atom. The van der Waals surface area contributed by atoms with Gasteiger partial charge in [-0.3, -0.25) is 4.79 Å². The predicted molar refractivity (Wildman–Crippen MR) is 116 cm³/mol. The lowest BCUT2D eigenvalue weighted by Crippen LogP contribution is -2.43. The van der Waals surface area contributed by atoms with Crippen LogP contribution >= 0.6 is 11.8 Å². The number of carbonyl (C=O) groups is 1. The number of carbonyl (C=O) groups excluding carboxylic acids is 1. The molecule has 1 aromatic carbocycles. The number of nitriles is 1. The van der Waals surface area contributed by atoms with Crippen molar-refractivity contribution >= 4 is 17.7 Å². The minimum absolute atomic E-state index is 0.0779. The van der Waals surface area contributed by atoms with Crippen LogP contribution in [0.3, 0.4) is 0 Å². The number of benzene rings is 1. The molecule has 1 amide bonds. The van der Waals surface area contributed by atoms with E-state index >= 15 is 0 Å². The number of hydrogen-bond acceptors (Lipinski definition) is 5. The van der Waals surface area contributed by atoms with Crippen molar-refractivity contribution < 1.29 is 22.7 Å². The lowest BCUT2D eigenvalue weighted by Gasteiger charge is -2.35. The Hall–Kier alpha value is -2.73. The number of hydrogen-bond donors (Lipinski definition) is 0. The summed E-state index contributed by atoms with van der Waals surface area (Å²) in [5.41, 5.74) is -1.09. The van der Waals surface area contributed by atoms with Crippen LogP contribution < -0.4 is 4.74 Å². The molecule has 1 fully saturated rings. The largest absolute Gasteiger partial charge is 0.497 e. The van der Waals surface area contributed by atoms with Gasteiger partial charge >= 0.3 is 6.18 Å². The molecule has 1 aromatic heterocycles. The first kappa shape index (κ1) is 23.9. The van der Waals surface area contributed by atoms with Crippen molar-refractivity contribution in [1.29, 1.82) is 5.26 Å². The van der Waals surface area contributed by atoms with Crippen LogP contribution in [0.4, 0.5) is 13.2 Å². The second kappa shape index (κ2) is 9.82. The maximum atomic E-state index is 13.7. The lowest BCUT2D eigenvalue weighted by atomic mass is 9.92. The third-order valence-corrected chi connectivity index (χ3v) is 6.30. The molecule has 0 bridgehead atoms. The van der Waals surface area contributed by atoms with E-state index in [2.05, 4.69) is 18.8 Å². The van der Waals surface area contributed by atoms with Gasteiger partial charge in [-0.15, -0.1) is 0 Å². The van der Waals surface area contributed by atoms with Gasteiger partial charge in [-0.25, -0.2) is 4.98 Å². The van der Waals surface area contributed by atoms with E-state index in [0.29, 0.717) is 36.2 Å². The number of ether oxygens (including phenoxy) is 1. The maximum absolute atomic E-state index is 13.7. The molecule has 1 saturated heterocycles.